The Balaban J connectivity index is 1.98. The maximum Gasteiger partial charge on any atom is 0.224 e. The van der Waals surface area contributed by atoms with Gasteiger partial charge in [-0.15, -0.1) is 0 Å². The van der Waals surface area contributed by atoms with Gasteiger partial charge in [0.25, 0.3) is 0 Å². The van der Waals surface area contributed by atoms with Crippen molar-refractivity contribution < 1.29 is 4.74 Å². The predicted octanol–water partition coefficient (Wildman–Crippen LogP) is 0.612. The number of hydrogen-bond donors (Lipinski definition) is 1. The van der Waals surface area contributed by atoms with E-state index in [-0.39, 0.29) is 0 Å². The molecule has 1 saturated heterocycles. The fourth-order valence-corrected chi connectivity index (χ4v) is 2.51. The fraction of sp³-hybridized carbons (Fsp3) is 0.636. The maximum absolute atomic E-state index is 6.00. The number of morpholine rings is 1. The molecule has 17 heavy (non-hydrogen) atoms. The topological polar surface area (TPSA) is 50.3 Å². The first kappa shape index (κ1) is 11.2. The van der Waals surface area contributed by atoms with E-state index in [2.05, 4.69) is 20.2 Å². The average molecular weight is 255 g/mol. The standard InChI is InChI=1S/C11H15ClN4O/c12-11-14-9-1-2-13-7-8(9)10(15-11)16-3-5-17-6-4-16/h13H,1-7H2. The van der Waals surface area contributed by atoms with Crippen LogP contribution in [0.15, 0.2) is 0 Å². The highest BCUT2D eigenvalue weighted by molar-refractivity contribution is 6.28. The first-order valence-corrected chi connectivity index (χ1v) is 6.31. The van der Waals surface area contributed by atoms with Gasteiger partial charge < -0.3 is 15.0 Å². The van der Waals surface area contributed by atoms with Crippen LogP contribution in [0.25, 0.3) is 0 Å². The van der Waals surface area contributed by atoms with Crippen LogP contribution in [0.4, 0.5) is 5.82 Å². The highest BCUT2D eigenvalue weighted by Gasteiger charge is 2.22. The minimum Gasteiger partial charge on any atom is -0.378 e. The molecule has 0 aromatic carbocycles. The minimum absolute atomic E-state index is 0.354. The zero-order chi connectivity index (χ0) is 11.7. The summed E-state index contributed by atoms with van der Waals surface area (Å²) < 4.78 is 5.36. The lowest BCUT2D eigenvalue weighted by atomic mass is 10.1. The van der Waals surface area contributed by atoms with Crippen LogP contribution in [0.1, 0.15) is 11.3 Å². The smallest absolute Gasteiger partial charge is 0.224 e. The normalized spacial score (nSPS) is 20.2. The van der Waals surface area contributed by atoms with E-state index in [1.54, 1.807) is 0 Å². The van der Waals surface area contributed by atoms with E-state index in [9.17, 15) is 0 Å². The Hall–Kier alpha value is -0.910. The van der Waals surface area contributed by atoms with Crippen molar-refractivity contribution in [3.63, 3.8) is 0 Å². The molecule has 6 heteroatoms. The van der Waals surface area contributed by atoms with Gasteiger partial charge in [0.15, 0.2) is 0 Å². The molecule has 0 radical (unpaired) electrons. The van der Waals surface area contributed by atoms with Crippen LogP contribution in [0.3, 0.4) is 0 Å². The lowest BCUT2D eigenvalue weighted by Gasteiger charge is -2.31. The van der Waals surface area contributed by atoms with Crippen molar-refractivity contribution in [2.45, 2.75) is 13.0 Å². The van der Waals surface area contributed by atoms with Gasteiger partial charge in [-0.05, 0) is 11.6 Å². The second-order valence-corrected chi connectivity index (χ2v) is 4.61. The summed E-state index contributed by atoms with van der Waals surface area (Å²) in [6.45, 7) is 5.05. The predicted molar refractivity (Wildman–Crippen MR) is 65.5 cm³/mol. The second-order valence-electron chi connectivity index (χ2n) is 4.27. The van der Waals surface area contributed by atoms with Crippen LogP contribution in [0.5, 0.6) is 0 Å². The van der Waals surface area contributed by atoms with Crippen molar-refractivity contribution in [1.29, 1.82) is 0 Å². The number of aromatic nitrogens is 2. The molecule has 0 unspecified atom stereocenters. The van der Waals surface area contributed by atoms with E-state index in [1.807, 2.05) is 0 Å². The van der Waals surface area contributed by atoms with Gasteiger partial charge >= 0.3 is 0 Å². The largest absolute Gasteiger partial charge is 0.378 e. The molecule has 2 aliphatic heterocycles. The summed E-state index contributed by atoms with van der Waals surface area (Å²) in [7, 11) is 0. The third kappa shape index (κ3) is 2.22. The zero-order valence-corrected chi connectivity index (χ0v) is 10.3. The Kier molecular flexibility index (Phi) is 3.13. The summed E-state index contributed by atoms with van der Waals surface area (Å²) in [5.41, 5.74) is 2.28. The highest BCUT2D eigenvalue weighted by Crippen LogP contribution is 2.25. The quantitative estimate of drug-likeness (QED) is 0.745. The molecule has 1 aromatic rings. The molecule has 0 saturated carbocycles. The first-order chi connectivity index (χ1) is 8.34. The summed E-state index contributed by atoms with van der Waals surface area (Å²) in [6, 6.07) is 0. The molecule has 0 amide bonds. The molecular formula is C11H15ClN4O. The molecule has 2 aliphatic rings. The molecule has 0 aliphatic carbocycles. The first-order valence-electron chi connectivity index (χ1n) is 5.93. The van der Waals surface area contributed by atoms with E-state index in [0.717, 1.165) is 57.3 Å². The summed E-state index contributed by atoms with van der Waals surface area (Å²) in [5, 5.41) is 3.71. The Morgan fingerprint density at radius 1 is 1.24 bits per heavy atom. The van der Waals surface area contributed by atoms with Gasteiger partial charge in [-0.2, -0.15) is 0 Å². The minimum atomic E-state index is 0.354. The number of fused-ring (bicyclic) bond motifs is 1. The number of nitrogens with zero attached hydrogens (tertiary/aromatic N) is 3. The van der Waals surface area contributed by atoms with Gasteiger partial charge in [0.2, 0.25) is 5.28 Å². The molecule has 92 valence electrons. The van der Waals surface area contributed by atoms with Crippen LogP contribution in [0, 0.1) is 0 Å². The molecule has 0 spiro atoms. The molecule has 1 fully saturated rings. The third-order valence-electron chi connectivity index (χ3n) is 3.19. The van der Waals surface area contributed by atoms with Crippen LogP contribution in [-0.4, -0.2) is 42.8 Å². The SMILES string of the molecule is Clc1nc2c(c(N3CCOCC3)n1)CNCC2. The summed E-state index contributed by atoms with van der Waals surface area (Å²) in [4.78, 5) is 11.0. The van der Waals surface area contributed by atoms with E-state index in [4.69, 9.17) is 16.3 Å². The van der Waals surface area contributed by atoms with Crippen LogP contribution in [-0.2, 0) is 17.7 Å². The lowest BCUT2D eigenvalue weighted by Crippen LogP contribution is -2.39. The van der Waals surface area contributed by atoms with Crippen molar-refractivity contribution >= 4 is 17.4 Å². The van der Waals surface area contributed by atoms with Crippen LogP contribution in [0.2, 0.25) is 5.28 Å². The summed E-state index contributed by atoms with van der Waals surface area (Å²) in [5.74, 6) is 0.982. The molecule has 5 nitrogen and oxygen atoms in total. The number of ether oxygens (including phenoxy) is 1. The number of nitrogens with one attached hydrogen (secondary N) is 1. The van der Waals surface area contributed by atoms with Crippen molar-refractivity contribution in [3.8, 4) is 0 Å². The number of rotatable bonds is 1. The lowest BCUT2D eigenvalue weighted by molar-refractivity contribution is 0.122. The fourth-order valence-electron chi connectivity index (χ4n) is 2.33. The summed E-state index contributed by atoms with van der Waals surface area (Å²) in [6.07, 6.45) is 0.926. The van der Waals surface area contributed by atoms with E-state index < -0.39 is 0 Å². The maximum atomic E-state index is 6.00. The van der Waals surface area contributed by atoms with Gasteiger partial charge in [0.1, 0.15) is 5.82 Å². The van der Waals surface area contributed by atoms with Crippen LogP contribution < -0.4 is 10.2 Å². The van der Waals surface area contributed by atoms with Crippen molar-refractivity contribution in [3.05, 3.63) is 16.5 Å². The summed E-state index contributed by atoms with van der Waals surface area (Å²) >= 11 is 6.00. The molecule has 3 rings (SSSR count). The van der Waals surface area contributed by atoms with Gasteiger partial charge in [-0.25, -0.2) is 9.97 Å². The Morgan fingerprint density at radius 3 is 2.88 bits per heavy atom. The number of anilines is 1. The Labute approximate surface area is 105 Å². The molecule has 0 bridgehead atoms. The van der Waals surface area contributed by atoms with E-state index in [0.29, 0.717) is 5.28 Å². The van der Waals surface area contributed by atoms with Gasteiger partial charge in [0.05, 0.1) is 18.9 Å². The number of hydrogen-bond acceptors (Lipinski definition) is 5. The van der Waals surface area contributed by atoms with E-state index in [1.165, 1.54) is 5.56 Å². The van der Waals surface area contributed by atoms with E-state index >= 15 is 0 Å². The molecule has 1 N–H and O–H groups in total. The van der Waals surface area contributed by atoms with Gasteiger partial charge in [-0.1, -0.05) is 0 Å². The number of halogens is 1. The molecule has 3 heterocycles. The molecular weight excluding hydrogens is 240 g/mol. The van der Waals surface area contributed by atoms with Crippen molar-refractivity contribution in [2.75, 3.05) is 37.7 Å². The second kappa shape index (κ2) is 4.76. The van der Waals surface area contributed by atoms with Crippen molar-refractivity contribution in [1.82, 2.24) is 15.3 Å². The highest BCUT2D eigenvalue weighted by atomic mass is 35.5. The Morgan fingerprint density at radius 2 is 2.06 bits per heavy atom. The molecule has 1 aromatic heterocycles. The van der Waals surface area contributed by atoms with Crippen molar-refractivity contribution in [2.24, 2.45) is 0 Å². The third-order valence-corrected chi connectivity index (χ3v) is 3.36. The van der Waals surface area contributed by atoms with Gasteiger partial charge in [-0.3, -0.25) is 0 Å². The monoisotopic (exact) mass is 254 g/mol. The zero-order valence-electron chi connectivity index (χ0n) is 9.58. The average Bonchev–Trinajstić information content (AvgIpc) is 2.39. The van der Waals surface area contributed by atoms with Crippen LogP contribution >= 0.6 is 11.6 Å². The Bertz CT molecular complexity index is 420. The molecule has 0 atom stereocenters. The van der Waals surface area contributed by atoms with Gasteiger partial charge in [0, 0.05) is 38.2 Å².